The van der Waals surface area contributed by atoms with E-state index in [0.29, 0.717) is 6.54 Å². The van der Waals surface area contributed by atoms with E-state index in [-0.39, 0.29) is 17.2 Å². The van der Waals surface area contributed by atoms with Gasteiger partial charge in [-0.15, -0.1) is 11.3 Å². The average Bonchev–Trinajstić information content (AvgIpc) is 2.75. The number of amides is 1. The van der Waals surface area contributed by atoms with Crippen LogP contribution in [0.25, 0.3) is 0 Å². The zero-order valence-electron chi connectivity index (χ0n) is 9.39. The molecule has 0 aliphatic rings. The molecule has 2 rings (SSSR count). The lowest BCUT2D eigenvalue weighted by atomic mass is 10.2. The lowest BCUT2D eigenvalue weighted by Gasteiger charge is -2.05. The van der Waals surface area contributed by atoms with Gasteiger partial charge in [-0.3, -0.25) is 9.78 Å². The monoisotopic (exact) mass is 282 g/mol. The molecule has 0 radical (unpaired) electrons. The summed E-state index contributed by atoms with van der Waals surface area (Å²) < 4.78 is 0.739. The molecule has 18 heavy (non-hydrogen) atoms. The first-order valence-electron chi connectivity index (χ1n) is 5.32. The van der Waals surface area contributed by atoms with E-state index >= 15 is 0 Å². The van der Waals surface area contributed by atoms with Gasteiger partial charge in [-0.05, 0) is 24.6 Å². The Hall–Kier alpha value is -1.59. The first-order valence-corrected chi connectivity index (χ1v) is 6.51. The van der Waals surface area contributed by atoms with Crippen molar-refractivity contribution in [2.24, 2.45) is 0 Å². The fourth-order valence-corrected chi connectivity index (χ4v) is 2.55. The molecular weight excluding hydrogens is 272 g/mol. The predicted molar refractivity (Wildman–Crippen MR) is 71.3 cm³/mol. The zero-order chi connectivity index (χ0) is 13.0. The van der Waals surface area contributed by atoms with E-state index in [1.807, 2.05) is 12.1 Å². The fourth-order valence-electron chi connectivity index (χ4n) is 1.46. The van der Waals surface area contributed by atoms with Gasteiger partial charge < -0.3 is 10.4 Å². The van der Waals surface area contributed by atoms with Crippen molar-refractivity contribution in [1.29, 1.82) is 0 Å². The molecule has 0 bridgehead atoms. The smallest absolute Gasteiger partial charge is 0.255 e. The van der Waals surface area contributed by atoms with Gasteiger partial charge in [0.2, 0.25) is 0 Å². The highest BCUT2D eigenvalue weighted by molar-refractivity contribution is 7.16. The number of pyridine rings is 1. The number of halogens is 1. The van der Waals surface area contributed by atoms with Crippen molar-refractivity contribution >= 4 is 28.8 Å². The lowest BCUT2D eigenvalue weighted by Crippen LogP contribution is -2.25. The summed E-state index contributed by atoms with van der Waals surface area (Å²) in [6, 6.07) is 5.24. The Kier molecular flexibility index (Phi) is 4.17. The van der Waals surface area contributed by atoms with Gasteiger partial charge in [-0.1, -0.05) is 11.6 Å². The molecule has 0 aromatic carbocycles. The van der Waals surface area contributed by atoms with Crippen molar-refractivity contribution in [3.05, 3.63) is 45.4 Å². The molecular formula is C12H11ClN2O2S. The summed E-state index contributed by atoms with van der Waals surface area (Å²) >= 11 is 7.30. The average molecular weight is 283 g/mol. The number of aromatic nitrogens is 1. The minimum atomic E-state index is -0.308. The Morgan fingerprint density at radius 2 is 2.28 bits per heavy atom. The molecule has 0 spiro atoms. The molecule has 2 heterocycles. The maximum Gasteiger partial charge on any atom is 0.255 e. The van der Waals surface area contributed by atoms with Gasteiger partial charge >= 0.3 is 0 Å². The molecule has 0 aliphatic heterocycles. The van der Waals surface area contributed by atoms with Gasteiger partial charge in [0.25, 0.3) is 5.91 Å². The van der Waals surface area contributed by atoms with Crippen molar-refractivity contribution in [2.75, 3.05) is 6.54 Å². The van der Waals surface area contributed by atoms with Crippen LogP contribution in [-0.4, -0.2) is 22.5 Å². The highest BCUT2D eigenvalue weighted by atomic mass is 35.5. The molecule has 1 amide bonds. The summed E-state index contributed by atoms with van der Waals surface area (Å²) in [5, 5.41) is 12.2. The van der Waals surface area contributed by atoms with Crippen molar-refractivity contribution in [2.45, 2.75) is 6.42 Å². The molecule has 0 saturated heterocycles. The van der Waals surface area contributed by atoms with Crippen molar-refractivity contribution in [3.63, 3.8) is 0 Å². The maximum absolute atomic E-state index is 11.7. The van der Waals surface area contributed by atoms with Gasteiger partial charge in [-0.2, -0.15) is 0 Å². The number of carbonyl (C=O) groups is 1. The van der Waals surface area contributed by atoms with Crippen LogP contribution in [-0.2, 0) is 6.42 Å². The predicted octanol–water partition coefficient (Wildman–Crippen LogP) is 2.47. The molecule has 0 saturated carbocycles. The van der Waals surface area contributed by atoms with Gasteiger partial charge in [0, 0.05) is 17.6 Å². The Labute approximate surface area is 113 Å². The second kappa shape index (κ2) is 5.84. The van der Waals surface area contributed by atoms with Crippen LogP contribution in [0.15, 0.2) is 30.6 Å². The van der Waals surface area contributed by atoms with Crippen LogP contribution in [0.5, 0.6) is 5.75 Å². The molecule has 0 aliphatic carbocycles. The first-order chi connectivity index (χ1) is 8.66. The van der Waals surface area contributed by atoms with E-state index in [1.54, 1.807) is 0 Å². The Morgan fingerprint density at radius 3 is 2.94 bits per heavy atom. The Balaban J connectivity index is 1.87. The number of rotatable bonds is 4. The Bertz CT molecular complexity index is 557. The fraction of sp³-hybridized carbons (Fsp3) is 0.167. The van der Waals surface area contributed by atoms with Crippen molar-refractivity contribution in [3.8, 4) is 5.75 Å². The molecule has 2 aromatic heterocycles. The third kappa shape index (κ3) is 3.21. The SMILES string of the molecule is O=C(NCCc1ccc(Cl)s1)c1ccncc1O. The van der Waals surface area contributed by atoms with E-state index in [2.05, 4.69) is 10.3 Å². The maximum atomic E-state index is 11.7. The summed E-state index contributed by atoms with van der Waals surface area (Å²) in [7, 11) is 0. The molecule has 0 unspecified atom stereocenters. The van der Waals surface area contributed by atoms with E-state index in [0.717, 1.165) is 15.6 Å². The molecule has 6 heteroatoms. The van der Waals surface area contributed by atoms with Crippen LogP contribution in [0.2, 0.25) is 4.34 Å². The van der Waals surface area contributed by atoms with Crippen LogP contribution < -0.4 is 5.32 Å². The van der Waals surface area contributed by atoms with Crippen LogP contribution in [0.1, 0.15) is 15.2 Å². The summed E-state index contributed by atoms with van der Waals surface area (Å²) in [6.07, 6.45) is 3.43. The van der Waals surface area contributed by atoms with Gasteiger partial charge in [0.05, 0.1) is 16.1 Å². The van der Waals surface area contributed by atoms with Gasteiger partial charge in [0.15, 0.2) is 0 Å². The van der Waals surface area contributed by atoms with Gasteiger partial charge in [-0.25, -0.2) is 0 Å². The molecule has 94 valence electrons. The summed E-state index contributed by atoms with van der Waals surface area (Å²) in [5.74, 6) is -0.424. The highest BCUT2D eigenvalue weighted by Crippen LogP contribution is 2.21. The second-order valence-electron chi connectivity index (χ2n) is 3.60. The molecule has 2 aromatic rings. The first kappa shape index (κ1) is 12.9. The second-order valence-corrected chi connectivity index (χ2v) is 5.40. The minimum absolute atomic E-state index is 0.117. The number of hydrogen-bond acceptors (Lipinski definition) is 4. The number of nitrogens with one attached hydrogen (secondary N) is 1. The van der Waals surface area contributed by atoms with Crippen LogP contribution in [0, 0.1) is 0 Å². The number of hydrogen-bond donors (Lipinski definition) is 2. The van der Waals surface area contributed by atoms with E-state index in [1.165, 1.54) is 29.8 Å². The van der Waals surface area contributed by atoms with Crippen LogP contribution >= 0.6 is 22.9 Å². The number of aromatic hydroxyl groups is 1. The largest absolute Gasteiger partial charge is 0.505 e. The van der Waals surface area contributed by atoms with E-state index in [4.69, 9.17) is 11.6 Å². The molecule has 0 fully saturated rings. The minimum Gasteiger partial charge on any atom is -0.505 e. The quantitative estimate of drug-likeness (QED) is 0.905. The molecule has 2 N–H and O–H groups in total. The van der Waals surface area contributed by atoms with Crippen molar-refractivity contribution in [1.82, 2.24) is 10.3 Å². The van der Waals surface area contributed by atoms with Crippen molar-refractivity contribution < 1.29 is 9.90 Å². The molecule has 4 nitrogen and oxygen atoms in total. The number of nitrogens with zero attached hydrogens (tertiary/aromatic N) is 1. The third-order valence-corrected chi connectivity index (χ3v) is 3.62. The third-order valence-electron chi connectivity index (χ3n) is 2.33. The summed E-state index contributed by atoms with van der Waals surface area (Å²) in [5.41, 5.74) is 0.231. The van der Waals surface area contributed by atoms with Crippen LogP contribution in [0.4, 0.5) is 0 Å². The van der Waals surface area contributed by atoms with E-state index < -0.39 is 0 Å². The Morgan fingerprint density at radius 1 is 1.44 bits per heavy atom. The zero-order valence-corrected chi connectivity index (χ0v) is 11.0. The lowest BCUT2D eigenvalue weighted by molar-refractivity contribution is 0.0951. The highest BCUT2D eigenvalue weighted by Gasteiger charge is 2.09. The standard InChI is InChI=1S/C12H11ClN2O2S/c13-11-2-1-8(18-11)3-6-15-12(17)9-4-5-14-7-10(9)16/h1-2,4-5,7,16H,3,6H2,(H,15,17). The number of thiophene rings is 1. The van der Waals surface area contributed by atoms with E-state index in [9.17, 15) is 9.90 Å². The van der Waals surface area contributed by atoms with Crippen LogP contribution in [0.3, 0.4) is 0 Å². The summed E-state index contributed by atoms with van der Waals surface area (Å²) in [6.45, 7) is 0.497. The van der Waals surface area contributed by atoms with Gasteiger partial charge in [0.1, 0.15) is 5.75 Å². The number of carbonyl (C=O) groups excluding carboxylic acids is 1. The molecule has 0 atom stereocenters. The normalized spacial score (nSPS) is 10.3. The topological polar surface area (TPSA) is 62.2 Å². The summed E-state index contributed by atoms with van der Waals surface area (Å²) in [4.78, 5) is 16.6.